The van der Waals surface area contributed by atoms with Crippen molar-refractivity contribution < 1.29 is 18.6 Å². The Labute approximate surface area is 137 Å². The maximum absolute atomic E-state index is 12.3. The van der Waals surface area contributed by atoms with E-state index in [0.29, 0.717) is 0 Å². The van der Waals surface area contributed by atoms with Gasteiger partial charge in [-0.2, -0.15) is 0 Å². The maximum atomic E-state index is 12.3. The van der Waals surface area contributed by atoms with Crippen LogP contribution in [0.5, 0.6) is 0 Å². The minimum absolute atomic E-state index is 0.141. The Bertz CT molecular complexity index is 885. The standard InChI is InChI=1S/C15H16N2O4S2/c18-15(19)13(17-23(20,21)14-6-3-7-22-14)8-10-9-16-12-5-2-1-4-11(10)12/h1-7,9,13,15-19H,8H2. The van der Waals surface area contributed by atoms with Crippen molar-refractivity contribution in [3.63, 3.8) is 0 Å². The molecule has 4 N–H and O–H groups in total. The number of thiophene rings is 1. The first-order chi connectivity index (χ1) is 11.0. The van der Waals surface area contributed by atoms with E-state index in [9.17, 15) is 18.6 Å². The molecular formula is C15H16N2O4S2. The van der Waals surface area contributed by atoms with Crippen molar-refractivity contribution in [2.75, 3.05) is 0 Å². The predicted octanol–water partition coefficient (Wildman–Crippen LogP) is 1.43. The zero-order chi connectivity index (χ0) is 16.4. The summed E-state index contributed by atoms with van der Waals surface area (Å²) in [5.41, 5.74) is 1.72. The molecule has 1 unspecified atom stereocenters. The van der Waals surface area contributed by atoms with E-state index in [0.717, 1.165) is 27.8 Å². The van der Waals surface area contributed by atoms with Crippen molar-refractivity contribution >= 4 is 32.3 Å². The fourth-order valence-corrected chi connectivity index (χ4v) is 4.66. The van der Waals surface area contributed by atoms with Crippen LogP contribution in [-0.2, 0) is 16.4 Å². The second kappa shape index (κ2) is 6.42. The molecule has 0 aliphatic rings. The molecule has 3 aromatic rings. The van der Waals surface area contributed by atoms with Crippen molar-refractivity contribution in [1.82, 2.24) is 9.71 Å². The first kappa shape index (κ1) is 16.2. The highest BCUT2D eigenvalue weighted by Crippen LogP contribution is 2.21. The van der Waals surface area contributed by atoms with Crippen molar-refractivity contribution in [2.24, 2.45) is 0 Å². The molecule has 0 aliphatic carbocycles. The lowest BCUT2D eigenvalue weighted by Gasteiger charge is -2.19. The molecule has 6 nitrogen and oxygen atoms in total. The molecule has 122 valence electrons. The first-order valence-corrected chi connectivity index (χ1v) is 9.30. The van der Waals surface area contributed by atoms with Gasteiger partial charge in [-0.15, -0.1) is 11.3 Å². The van der Waals surface area contributed by atoms with Gasteiger partial charge < -0.3 is 15.2 Å². The van der Waals surface area contributed by atoms with E-state index in [-0.39, 0.29) is 10.6 Å². The van der Waals surface area contributed by atoms with Crippen LogP contribution >= 0.6 is 11.3 Å². The van der Waals surface area contributed by atoms with Crippen LogP contribution in [0.2, 0.25) is 0 Å². The van der Waals surface area contributed by atoms with Crippen LogP contribution in [0.1, 0.15) is 5.56 Å². The third-order valence-corrected chi connectivity index (χ3v) is 6.43. The minimum atomic E-state index is -3.78. The average molecular weight is 352 g/mol. The molecule has 3 rings (SSSR count). The number of H-pyrrole nitrogens is 1. The van der Waals surface area contributed by atoms with Crippen molar-refractivity contribution in [3.8, 4) is 0 Å². The molecule has 2 heterocycles. The van der Waals surface area contributed by atoms with Crippen LogP contribution in [0.4, 0.5) is 0 Å². The van der Waals surface area contributed by atoms with Crippen LogP contribution in [0.3, 0.4) is 0 Å². The number of nitrogens with one attached hydrogen (secondary N) is 2. The van der Waals surface area contributed by atoms with E-state index in [4.69, 9.17) is 0 Å². The van der Waals surface area contributed by atoms with Gasteiger partial charge in [-0.3, -0.25) is 0 Å². The monoisotopic (exact) mass is 352 g/mol. The van der Waals surface area contributed by atoms with Crippen molar-refractivity contribution in [2.45, 2.75) is 23.0 Å². The summed E-state index contributed by atoms with van der Waals surface area (Å²) in [5, 5.41) is 21.7. The molecule has 0 saturated heterocycles. The van der Waals surface area contributed by atoms with Crippen LogP contribution in [0.25, 0.3) is 10.9 Å². The van der Waals surface area contributed by atoms with Gasteiger partial charge in [0, 0.05) is 17.1 Å². The Balaban J connectivity index is 1.85. The number of aliphatic hydroxyl groups is 2. The van der Waals surface area contributed by atoms with E-state index in [1.54, 1.807) is 17.6 Å². The van der Waals surface area contributed by atoms with Gasteiger partial charge in [0.05, 0.1) is 6.04 Å². The SMILES string of the molecule is O=S(=O)(NC(Cc1c[nH]c2ccccc12)C(O)O)c1cccs1. The Kier molecular flexibility index (Phi) is 4.51. The lowest BCUT2D eigenvalue weighted by molar-refractivity contribution is -0.0615. The second-order valence-electron chi connectivity index (χ2n) is 5.14. The Hall–Kier alpha value is -1.71. The Morgan fingerprint density at radius 2 is 1.96 bits per heavy atom. The molecule has 0 aliphatic heterocycles. The van der Waals surface area contributed by atoms with E-state index in [1.807, 2.05) is 24.3 Å². The summed E-state index contributed by atoms with van der Waals surface area (Å²) in [6.07, 6.45) is 0.101. The lowest BCUT2D eigenvalue weighted by atomic mass is 10.1. The number of benzene rings is 1. The predicted molar refractivity (Wildman–Crippen MR) is 88.7 cm³/mol. The van der Waals surface area contributed by atoms with Crippen LogP contribution in [0.15, 0.2) is 52.2 Å². The molecule has 23 heavy (non-hydrogen) atoms. The molecule has 2 aromatic heterocycles. The number of sulfonamides is 1. The van der Waals surface area contributed by atoms with Gasteiger partial charge in [-0.25, -0.2) is 13.1 Å². The fourth-order valence-electron chi connectivity index (χ4n) is 2.42. The summed E-state index contributed by atoms with van der Waals surface area (Å²) >= 11 is 1.07. The van der Waals surface area contributed by atoms with Crippen LogP contribution in [-0.4, -0.2) is 35.9 Å². The molecule has 1 aromatic carbocycles. The summed E-state index contributed by atoms with van der Waals surface area (Å²) in [6.45, 7) is 0. The zero-order valence-electron chi connectivity index (χ0n) is 12.0. The molecule has 1 atom stereocenters. The molecule has 8 heteroatoms. The quantitative estimate of drug-likeness (QED) is 0.504. The zero-order valence-corrected chi connectivity index (χ0v) is 13.6. The minimum Gasteiger partial charge on any atom is -0.367 e. The van der Waals surface area contributed by atoms with Gasteiger partial charge in [0.25, 0.3) is 0 Å². The van der Waals surface area contributed by atoms with E-state index >= 15 is 0 Å². The van der Waals surface area contributed by atoms with Gasteiger partial charge >= 0.3 is 0 Å². The molecule has 0 spiro atoms. The Morgan fingerprint density at radius 3 is 2.65 bits per heavy atom. The summed E-state index contributed by atoms with van der Waals surface area (Å²) in [5.74, 6) is 0. The second-order valence-corrected chi connectivity index (χ2v) is 8.03. The molecule has 0 radical (unpaired) electrons. The van der Waals surface area contributed by atoms with E-state index < -0.39 is 22.4 Å². The summed E-state index contributed by atoms with van der Waals surface area (Å²) < 4.78 is 27.0. The number of aromatic amines is 1. The first-order valence-electron chi connectivity index (χ1n) is 6.94. The number of aromatic nitrogens is 1. The summed E-state index contributed by atoms with van der Waals surface area (Å²) in [6, 6.07) is 9.62. The molecular weight excluding hydrogens is 336 g/mol. The van der Waals surface area contributed by atoms with Gasteiger partial charge in [-0.05, 0) is 29.5 Å². The largest absolute Gasteiger partial charge is 0.367 e. The molecule has 0 fully saturated rings. The van der Waals surface area contributed by atoms with Gasteiger partial charge in [0.15, 0.2) is 6.29 Å². The van der Waals surface area contributed by atoms with Gasteiger partial charge in [0.1, 0.15) is 4.21 Å². The van der Waals surface area contributed by atoms with E-state index in [1.165, 1.54) is 6.07 Å². The summed E-state index contributed by atoms with van der Waals surface area (Å²) in [7, 11) is -3.78. The highest BCUT2D eigenvalue weighted by molar-refractivity contribution is 7.91. The van der Waals surface area contributed by atoms with Crippen LogP contribution < -0.4 is 4.72 Å². The number of fused-ring (bicyclic) bond motifs is 1. The third-order valence-electron chi connectivity index (χ3n) is 3.54. The Morgan fingerprint density at radius 1 is 1.17 bits per heavy atom. The third kappa shape index (κ3) is 3.46. The topological polar surface area (TPSA) is 102 Å². The van der Waals surface area contributed by atoms with Gasteiger partial charge in [-0.1, -0.05) is 24.3 Å². The number of aliphatic hydroxyl groups excluding tert-OH is 1. The summed E-state index contributed by atoms with van der Waals surface area (Å²) in [4.78, 5) is 3.08. The number of hydrogen-bond acceptors (Lipinski definition) is 5. The number of rotatable bonds is 6. The average Bonchev–Trinajstić information content (AvgIpc) is 3.16. The highest BCUT2D eigenvalue weighted by atomic mass is 32.2. The van der Waals surface area contributed by atoms with Crippen molar-refractivity contribution in [1.29, 1.82) is 0 Å². The van der Waals surface area contributed by atoms with E-state index in [2.05, 4.69) is 9.71 Å². The fraction of sp³-hybridized carbons (Fsp3) is 0.200. The molecule has 0 bridgehead atoms. The normalized spacial score (nSPS) is 13.7. The smallest absolute Gasteiger partial charge is 0.250 e. The van der Waals surface area contributed by atoms with Crippen molar-refractivity contribution in [3.05, 3.63) is 53.5 Å². The van der Waals surface area contributed by atoms with Gasteiger partial charge in [0.2, 0.25) is 10.0 Å². The molecule has 0 amide bonds. The molecule has 0 saturated carbocycles. The van der Waals surface area contributed by atoms with Crippen LogP contribution in [0, 0.1) is 0 Å². The number of hydrogen-bond donors (Lipinski definition) is 4. The highest BCUT2D eigenvalue weighted by Gasteiger charge is 2.26. The number of para-hydroxylation sites is 1. The lowest BCUT2D eigenvalue weighted by Crippen LogP contribution is -2.44. The maximum Gasteiger partial charge on any atom is 0.250 e.